The number of carbonyl (C=O) groups is 1. The predicted octanol–water partition coefficient (Wildman–Crippen LogP) is 3.25. The quantitative estimate of drug-likeness (QED) is 0.494. The van der Waals surface area contributed by atoms with E-state index in [0.29, 0.717) is 22.1 Å². The molecule has 0 aliphatic heterocycles. The van der Waals surface area contributed by atoms with E-state index < -0.39 is 4.92 Å². The Balaban J connectivity index is 2.65. The number of aryl methyl sites for hydroxylation is 1. The Morgan fingerprint density at radius 2 is 2.05 bits per heavy atom. The van der Waals surface area contributed by atoms with Crippen molar-refractivity contribution in [3.8, 4) is 5.69 Å². The topological polar surface area (TPSA) is 78.0 Å². The molecule has 7 heteroatoms. The number of carbonyl (C=O) groups excluding carboxylic acids is 1. The van der Waals surface area contributed by atoms with E-state index in [2.05, 4.69) is 5.10 Å². The van der Waals surface area contributed by atoms with Gasteiger partial charge in [0.05, 0.1) is 32.6 Å². The Morgan fingerprint density at radius 1 is 1.40 bits per heavy atom. The van der Waals surface area contributed by atoms with Crippen molar-refractivity contribution < 1.29 is 9.72 Å². The molecule has 1 aromatic carbocycles. The van der Waals surface area contributed by atoms with Gasteiger partial charge < -0.3 is 0 Å². The van der Waals surface area contributed by atoms with Crippen LogP contribution in [0.15, 0.2) is 18.2 Å². The molecule has 1 aromatic heterocycles. The van der Waals surface area contributed by atoms with Crippen molar-refractivity contribution in [2.75, 3.05) is 0 Å². The molecule has 6 nitrogen and oxygen atoms in total. The van der Waals surface area contributed by atoms with Gasteiger partial charge in [0.1, 0.15) is 0 Å². The third-order valence-corrected chi connectivity index (χ3v) is 3.55. The average molecular weight is 294 g/mol. The number of nitrogens with zero attached hydrogens (tertiary/aromatic N) is 3. The number of nitro benzene ring substituents is 1. The number of nitro groups is 1. The first-order valence-corrected chi connectivity index (χ1v) is 6.22. The zero-order valence-electron chi connectivity index (χ0n) is 11.2. The fraction of sp³-hybridized carbons (Fsp3) is 0.231. The van der Waals surface area contributed by atoms with E-state index in [1.807, 2.05) is 0 Å². The number of hydrogen-bond donors (Lipinski definition) is 0. The van der Waals surface area contributed by atoms with E-state index in [-0.39, 0.29) is 17.0 Å². The summed E-state index contributed by atoms with van der Waals surface area (Å²) in [6, 6.07) is 4.37. The highest BCUT2D eigenvalue weighted by Crippen LogP contribution is 2.26. The molecule has 0 unspecified atom stereocenters. The van der Waals surface area contributed by atoms with Crippen molar-refractivity contribution in [2.24, 2.45) is 0 Å². The first-order valence-electron chi connectivity index (χ1n) is 5.84. The zero-order valence-corrected chi connectivity index (χ0v) is 11.9. The molecule has 2 aromatic rings. The van der Waals surface area contributed by atoms with Crippen LogP contribution in [0.25, 0.3) is 5.69 Å². The second-order valence-corrected chi connectivity index (χ2v) is 4.79. The molecule has 0 N–H and O–H groups in total. The van der Waals surface area contributed by atoms with Gasteiger partial charge in [-0.2, -0.15) is 5.10 Å². The summed E-state index contributed by atoms with van der Waals surface area (Å²) in [7, 11) is 0. The average Bonchev–Trinajstić information content (AvgIpc) is 2.65. The minimum absolute atomic E-state index is 0.0754. The van der Waals surface area contributed by atoms with Crippen LogP contribution in [0.2, 0.25) is 5.02 Å². The van der Waals surface area contributed by atoms with E-state index in [9.17, 15) is 14.9 Å². The predicted molar refractivity (Wildman–Crippen MR) is 74.7 cm³/mol. The Hall–Kier alpha value is -2.21. The number of hydrogen-bond acceptors (Lipinski definition) is 4. The summed E-state index contributed by atoms with van der Waals surface area (Å²) in [5.74, 6) is -0.352. The van der Waals surface area contributed by atoms with Gasteiger partial charge in [-0.3, -0.25) is 14.9 Å². The van der Waals surface area contributed by atoms with Gasteiger partial charge in [-0.25, -0.2) is 4.68 Å². The van der Waals surface area contributed by atoms with Crippen LogP contribution < -0.4 is 0 Å². The summed E-state index contributed by atoms with van der Waals surface area (Å²) in [5.41, 5.74) is 1.66. The van der Waals surface area contributed by atoms with Gasteiger partial charge in [0, 0.05) is 6.07 Å². The van der Waals surface area contributed by atoms with Crippen molar-refractivity contribution in [1.82, 2.24) is 9.78 Å². The van der Waals surface area contributed by atoms with E-state index in [0.717, 1.165) is 0 Å². The first kappa shape index (κ1) is 14.2. The molecule has 0 fully saturated rings. The van der Waals surface area contributed by atoms with Crippen LogP contribution >= 0.6 is 11.6 Å². The van der Waals surface area contributed by atoms with Crippen molar-refractivity contribution in [1.29, 1.82) is 0 Å². The summed E-state index contributed by atoms with van der Waals surface area (Å²) in [6.45, 7) is 4.82. The van der Waals surface area contributed by atoms with Crippen molar-refractivity contribution in [2.45, 2.75) is 20.8 Å². The van der Waals surface area contributed by atoms with Crippen LogP contribution in [-0.4, -0.2) is 20.5 Å². The number of Topliss-reactive ketones (excluding diaryl/α,β-unsaturated/α-hetero) is 1. The SMILES string of the molecule is CC(=O)c1ccc(-n2nc(C)c(Cl)c2C)cc1[N+](=O)[O-]. The van der Waals surface area contributed by atoms with Crippen LogP contribution in [0.5, 0.6) is 0 Å². The largest absolute Gasteiger partial charge is 0.294 e. The van der Waals surface area contributed by atoms with Crippen molar-refractivity contribution >= 4 is 23.1 Å². The third kappa shape index (κ3) is 2.30. The molecule has 0 radical (unpaired) electrons. The van der Waals surface area contributed by atoms with Crippen LogP contribution in [0.3, 0.4) is 0 Å². The van der Waals surface area contributed by atoms with Crippen LogP contribution in [-0.2, 0) is 0 Å². The number of ketones is 1. The normalized spacial score (nSPS) is 10.6. The minimum atomic E-state index is -0.576. The van der Waals surface area contributed by atoms with Gasteiger partial charge in [0.25, 0.3) is 5.69 Å². The molecule has 104 valence electrons. The first-order chi connectivity index (χ1) is 9.32. The lowest BCUT2D eigenvalue weighted by Crippen LogP contribution is -2.04. The second-order valence-electron chi connectivity index (χ2n) is 4.41. The Kier molecular flexibility index (Phi) is 3.59. The molecular formula is C13H12ClN3O3. The second kappa shape index (κ2) is 5.05. The third-order valence-electron chi connectivity index (χ3n) is 3.00. The molecule has 0 amide bonds. The van der Waals surface area contributed by atoms with Gasteiger partial charge in [0.15, 0.2) is 5.78 Å². The molecule has 0 saturated heterocycles. The van der Waals surface area contributed by atoms with E-state index in [1.54, 1.807) is 19.9 Å². The molecule has 0 aliphatic carbocycles. The van der Waals surface area contributed by atoms with Gasteiger partial charge in [-0.15, -0.1) is 0 Å². The van der Waals surface area contributed by atoms with Gasteiger partial charge >= 0.3 is 0 Å². The summed E-state index contributed by atoms with van der Waals surface area (Å²) in [5, 5.41) is 15.8. The molecule has 2 rings (SSSR count). The maximum Gasteiger partial charge on any atom is 0.282 e. The van der Waals surface area contributed by atoms with Gasteiger partial charge in [-0.05, 0) is 32.9 Å². The lowest BCUT2D eigenvalue weighted by molar-refractivity contribution is -0.385. The van der Waals surface area contributed by atoms with E-state index >= 15 is 0 Å². The zero-order chi connectivity index (χ0) is 15.0. The molecule has 0 bridgehead atoms. The van der Waals surface area contributed by atoms with Gasteiger partial charge in [0.2, 0.25) is 0 Å². The molecule has 0 spiro atoms. The highest BCUT2D eigenvalue weighted by Gasteiger charge is 2.20. The van der Waals surface area contributed by atoms with Crippen LogP contribution in [0.1, 0.15) is 28.7 Å². The van der Waals surface area contributed by atoms with E-state index in [1.165, 1.54) is 23.7 Å². The lowest BCUT2D eigenvalue weighted by atomic mass is 10.1. The fourth-order valence-corrected chi connectivity index (χ4v) is 2.09. The van der Waals surface area contributed by atoms with Crippen LogP contribution in [0, 0.1) is 24.0 Å². The molecule has 20 heavy (non-hydrogen) atoms. The van der Waals surface area contributed by atoms with E-state index in [4.69, 9.17) is 11.6 Å². The Morgan fingerprint density at radius 3 is 2.50 bits per heavy atom. The number of rotatable bonds is 3. The van der Waals surface area contributed by atoms with Gasteiger partial charge in [-0.1, -0.05) is 11.6 Å². The number of benzene rings is 1. The molecule has 0 aliphatic rings. The molecular weight excluding hydrogens is 282 g/mol. The molecule has 0 atom stereocenters. The summed E-state index contributed by atoms with van der Waals surface area (Å²) in [4.78, 5) is 21.9. The van der Waals surface area contributed by atoms with Crippen molar-refractivity contribution in [3.05, 3.63) is 50.3 Å². The minimum Gasteiger partial charge on any atom is -0.294 e. The number of halogens is 1. The Labute approximate surface area is 120 Å². The Bertz CT molecular complexity index is 722. The smallest absolute Gasteiger partial charge is 0.282 e. The molecule has 0 saturated carbocycles. The fourth-order valence-electron chi connectivity index (χ4n) is 1.98. The molecule has 1 heterocycles. The summed E-state index contributed by atoms with van der Waals surface area (Å²) < 4.78 is 1.52. The lowest BCUT2D eigenvalue weighted by Gasteiger charge is -2.06. The maximum atomic E-state index is 11.4. The maximum absolute atomic E-state index is 11.4. The highest BCUT2D eigenvalue weighted by molar-refractivity contribution is 6.31. The number of aromatic nitrogens is 2. The standard InChI is InChI=1S/C13H12ClN3O3/c1-7-13(14)8(2)16(15-7)10-4-5-11(9(3)18)12(6-10)17(19)20/h4-6H,1-3H3. The monoisotopic (exact) mass is 293 g/mol. The highest BCUT2D eigenvalue weighted by atomic mass is 35.5. The summed E-state index contributed by atoms with van der Waals surface area (Å²) >= 11 is 6.06. The van der Waals surface area contributed by atoms with Crippen molar-refractivity contribution in [3.63, 3.8) is 0 Å². The summed E-state index contributed by atoms with van der Waals surface area (Å²) in [6.07, 6.45) is 0. The van der Waals surface area contributed by atoms with Crippen LogP contribution in [0.4, 0.5) is 5.69 Å².